The highest BCUT2D eigenvalue weighted by atomic mass is 32.2. The van der Waals surface area contributed by atoms with Gasteiger partial charge in [-0.15, -0.1) is 0 Å². The van der Waals surface area contributed by atoms with Crippen LogP contribution in [0, 0.1) is 11.3 Å². The Morgan fingerprint density at radius 3 is 3.00 bits per heavy atom. The van der Waals surface area contributed by atoms with Crippen LogP contribution >= 0.6 is 11.8 Å². The van der Waals surface area contributed by atoms with E-state index >= 15 is 0 Å². The van der Waals surface area contributed by atoms with E-state index in [0.29, 0.717) is 6.42 Å². The predicted octanol–water partition coefficient (Wildman–Crippen LogP) is 2.94. The molecular weight excluding hydrogens is 204 g/mol. The second kappa shape index (κ2) is 8.01. The molecule has 2 nitrogen and oxygen atoms in total. The third-order valence-electron chi connectivity index (χ3n) is 3.11. The van der Waals surface area contributed by atoms with Crippen LogP contribution in [0.2, 0.25) is 0 Å². The van der Waals surface area contributed by atoms with E-state index in [0.717, 1.165) is 30.7 Å². The number of hydrogen-bond donors (Lipinski definition) is 1. The molecule has 2 atom stereocenters. The lowest BCUT2D eigenvalue weighted by molar-refractivity contribution is 0.378. The summed E-state index contributed by atoms with van der Waals surface area (Å²) in [4.78, 5) is 0. The van der Waals surface area contributed by atoms with Crippen molar-refractivity contribution < 1.29 is 0 Å². The van der Waals surface area contributed by atoms with E-state index in [9.17, 15) is 0 Å². The predicted molar refractivity (Wildman–Crippen MR) is 67.0 cm³/mol. The Morgan fingerprint density at radius 1 is 1.40 bits per heavy atom. The van der Waals surface area contributed by atoms with Gasteiger partial charge < -0.3 is 5.32 Å². The third kappa shape index (κ3) is 5.44. The lowest BCUT2D eigenvalue weighted by Crippen LogP contribution is -2.35. The van der Waals surface area contributed by atoms with Gasteiger partial charge in [0.25, 0.3) is 0 Å². The number of rotatable bonds is 6. The van der Waals surface area contributed by atoms with Crippen LogP contribution in [0.15, 0.2) is 0 Å². The van der Waals surface area contributed by atoms with Crippen molar-refractivity contribution in [2.75, 3.05) is 12.8 Å². The highest BCUT2D eigenvalue weighted by Gasteiger charge is 2.20. The molecule has 1 N–H and O–H groups in total. The largest absolute Gasteiger partial charge is 0.314 e. The molecule has 3 heteroatoms. The fourth-order valence-electron chi connectivity index (χ4n) is 2.18. The van der Waals surface area contributed by atoms with E-state index in [2.05, 4.69) is 17.6 Å². The Labute approximate surface area is 97.8 Å². The maximum atomic E-state index is 8.41. The van der Waals surface area contributed by atoms with Crippen molar-refractivity contribution in [3.8, 4) is 6.07 Å². The van der Waals surface area contributed by atoms with Crippen LogP contribution < -0.4 is 5.32 Å². The van der Waals surface area contributed by atoms with E-state index in [1.807, 2.05) is 11.8 Å². The van der Waals surface area contributed by atoms with Gasteiger partial charge in [-0.2, -0.15) is 17.0 Å². The molecule has 1 saturated carbocycles. The fraction of sp³-hybridized carbons (Fsp3) is 0.917. The highest BCUT2D eigenvalue weighted by Crippen LogP contribution is 2.26. The first kappa shape index (κ1) is 12.9. The second-order valence-corrected chi connectivity index (χ2v) is 5.43. The van der Waals surface area contributed by atoms with E-state index < -0.39 is 0 Å². The molecule has 0 aromatic rings. The van der Waals surface area contributed by atoms with Gasteiger partial charge in [0.05, 0.1) is 6.07 Å². The first-order valence-corrected chi connectivity index (χ1v) is 7.28. The van der Waals surface area contributed by atoms with Gasteiger partial charge in [-0.25, -0.2) is 0 Å². The van der Waals surface area contributed by atoms with E-state index in [4.69, 9.17) is 5.26 Å². The minimum absolute atomic E-state index is 0.708. The van der Waals surface area contributed by atoms with E-state index in [1.54, 1.807) is 0 Å². The van der Waals surface area contributed by atoms with E-state index in [1.165, 1.54) is 25.7 Å². The van der Waals surface area contributed by atoms with Gasteiger partial charge in [-0.05, 0) is 44.9 Å². The molecule has 0 spiro atoms. The minimum atomic E-state index is 0.708. The Morgan fingerprint density at radius 2 is 2.27 bits per heavy atom. The van der Waals surface area contributed by atoms with Crippen LogP contribution in [0.4, 0.5) is 0 Å². The van der Waals surface area contributed by atoms with Gasteiger partial charge in [0.1, 0.15) is 0 Å². The first-order chi connectivity index (χ1) is 7.36. The molecule has 0 bridgehead atoms. The average Bonchev–Trinajstić information content (AvgIpc) is 2.29. The average molecular weight is 226 g/mol. The summed E-state index contributed by atoms with van der Waals surface area (Å²) in [6, 6.07) is 2.93. The van der Waals surface area contributed by atoms with Gasteiger partial charge in [0, 0.05) is 17.7 Å². The monoisotopic (exact) mass is 226 g/mol. The topological polar surface area (TPSA) is 35.8 Å². The van der Waals surface area contributed by atoms with Gasteiger partial charge in [-0.3, -0.25) is 0 Å². The van der Waals surface area contributed by atoms with Gasteiger partial charge in [-0.1, -0.05) is 6.42 Å². The van der Waals surface area contributed by atoms with Crippen molar-refractivity contribution in [1.29, 1.82) is 5.26 Å². The second-order valence-electron chi connectivity index (χ2n) is 4.29. The zero-order valence-corrected chi connectivity index (χ0v) is 10.5. The van der Waals surface area contributed by atoms with Crippen molar-refractivity contribution in [1.82, 2.24) is 5.32 Å². The summed E-state index contributed by atoms with van der Waals surface area (Å²) in [5, 5.41) is 12.9. The molecule has 0 amide bonds. The molecule has 0 aromatic heterocycles. The summed E-state index contributed by atoms with van der Waals surface area (Å²) < 4.78 is 0. The number of nitrogens with zero attached hydrogens (tertiary/aromatic N) is 1. The van der Waals surface area contributed by atoms with Crippen LogP contribution in [-0.4, -0.2) is 24.1 Å². The van der Waals surface area contributed by atoms with Crippen molar-refractivity contribution in [2.24, 2.45) is 0 Å². The van der Waals surface area contributed by atoms with Crippen molar-refractivity contribution in [3.63, 3.8) is 0 Å². The summed E-state index contributed by atoms with van der Waals surface area (Å²) in [6.45, 7) is 1.09. The SMILES string of the molecule is CSC1CCCC(NCCCCC#N)C1. The summed E-state index contributed by atoms with van der Waals surface area (Å²) in [5.41, 5.74) is 0. The molecule has 15 heavy (non-hydrogen) atoms. The smallest absolute Gasteiger partial charge is 0.0621 e. The molecule has 1 rings (SSSR count). The van der Waals surface area contributed by atoms with Crippen LogP contribution in [0.25, 0.3) is 0 Å². The van der Waals surface area contributed by atoms with Crippen LogP contribution in [0.1, 0.15) is 44.9 Å². The standard InChI is InChI=1S/C12H22N2S/c1-15-12-7-5-6-11(10-12)14-9-4-2-3-8-13/h11-12,14H,2-7,9-10H2,1H3. The lowest BCUT2D eigenvalue weighted by Gasteiger charge is -2.28. The number of nitriles is 1. The summed E-state index contributed by atoms with van der Waals surface area (Å²) >= 11 is 2.01. The molecule has 1 fully saturated rings. The Hall–Kier alpha value is -0.200. The zero-order chi connectivity index (χ0) is 10.9. The highest BCUT2D eigenvalue weighted by molar-refractivity contribution is 7.99. The van der Waals surface area contributed by atoms with Gasteiger partial charge in [0.2, 0.25) is 0 Å². The Bertz CT molecular complexity index is 200. The zero-order valence-electron chi connectivity index (χ0n) is 9.67. The molecule has 0 heterocycles. The molecule has 0 aromatic carbocycles. The first-order valence-electron chi connectivity index (χ1n) is 6.00. The molecular formula is C12H22N2S. The van der Waals surface area contributed by atoms with E-state index in [-0.39, 0.29) is 0 Å². The molecule has 2 unspecified atom stereocenters. The Balaban J connectivity index is 2.03. The maximum absolute atomic E-state index is 8.41. The van der Waals surface area contributed by atoms with Crippen LogP contribution in [0.3, 0.4) is 0 Å². The molecule has 86 valence electrons. The molecule has 1 aliphatic rings. The number of thioether (sulfide) groups is 1. The molecule has 1 aliphatic carbocycles. The summed E-state index contributed by atoms with van der Waals surface area (Å²) in [6.07, 6.45) is 10.6. The van der Waals surface area contributed by atoms with Gasteiger partial charge in [0.15, 0.2) is 0 Å². The lowest BCUT2D eigenvalue weighted by atomic mass is 9.95. The quantitative estimate of drug-likeness (QED) is 0.707. The third-order valence-corrected chi connectivity index (χ3v) is 4.20. The number of unbranched alkanes of at least 4 members (excludes halogenated alkanes) is 2. The number of hydrogen-bond acceptors (Lipinski definition) is 3. The molecule has 0 radical (unpaired) electrons. The minimum Gasteiger partial charge on any atom is -0.314 e. The van der Waals surface area contributed by atoms with Crippen LogP contribution in [-0.2, 0) is 0 Å². The van der Waals surface area contributed by atoms with Crippen molar-refractivity contribution in [2.45, 2.75) is 56.2 Å². The number of nitrogens with one attached hydrogen (secondary N) is 1. The van der Waals surface area contributed by atoms with Crippen molar-refractivity contribution in [3.05, 3.63) is 0 Å². The maximum Gasteiger partial charge on any atom is 0.0621 e. The van der Waals surface area contributed by atoms with Crippen molar-refractivity contribution >= 4 is 11.8 Å². The summed E-state index contributed by atoms with van der Waals surface area (Å²) in [7, 11) is 0. The molecule has 0 saturated heterocycles. The fourth-order valence-corrected chi connectivity index (χ4v) is 3.01. The summed E-state index contributed by atoms with van der Waals surface area (Å²) in [5.74, 6) is 0. The van der Waals surface area contributed by atoms with Gasteiger partial charge >= 0.3 is 0 Å². The van der Waals surface area contributed by atoms with Crippen LogP contribution in [0.5, 0.6) is 0 Å². The molecule has 0 aliphatic heterocycles. The Kier molecular flexibility index (Phi) is 6.87. The normalized spacial score (nSPS) is 26.1.